The molecule has 0 bridgehead atoms. The van der Waals surface area contributed by atoms with Gasteiger partial charge in [-0.15, -0.1) is 0 Å². The number of hydrogen-bond acceptors (Lipinski definition) is 2. The molecule has 2 aliphatic heterocycles. The second kappa shape index (κ2) is 4.98. The zero-order chi connectivity index (χ0) is 15.2. The van der Waals surface area contributed by atoms with E-state index in [1.165, 1.54) is 4.90 Å². The quantitative estimate of drug-likeness (QED) is 0.807. The zero-order valence-corrected chi connectivity index (χ0v) is 11.1. The van der Waals surface area contributed by atoms with Crippen molar-refractivity contribution in [1.29, 1.82) is 0 Å². The second-order valence-electron chi connectivity index (χ2n) is 5.44. The number of halogens is 4. The third kappa shape index (κ3) is 2.39. The number of carbonyl (C=O) groups is 1. The van der Waals surface area contributed by atoms with Gasteiger partial charge in [-0.05, 0) is 24.5 Å². The van der Waals surface area contributed by atoms with Gasteiger partial charge in [0.25, 0.3) is 5.91 Å². The fraction of sp³-hybridized carbons (Fsp3) is 0.500. The van der Waals surface area contributed by atoms with Crippen LogP contribution in [0.25, 0.3) is 0 Å². The van der Waals surface area contributed by atoms with Gasteiger partial charge in [0, 0.05) is 25.7 Å². The van der Waals surface area contributed by atoms with Crippen molar-refractivity contribution >= 4 is 5.91 Å². The molecule has 114 valence electrons. The minimum atomic E-state index is -4.80. The molecule has 2 heterocycles. The third-order valence-corrected chi connectivity index (χ3v) is 4.24. The van der Waals surface area contributed by atoms with Crippen molar-refractivity contribution in [3.63, 3.8) is 0 Å². The number of benzene rings is 1. The van der Waals surface area contributed by atoms with Gasteiger partial charge in [0.05, 0.1) is 11.1 Å². The van der Waals surface area contributed by atoms with Crippen LogP contribution in [0.2, 0.25) is 0 Å². The Labute approximate surface area is 118 Å². The van der Waals surface area contributed by atoms with Gasteiger partial charge < -0.3 is 10.2 Å². The number of hydrogen-bond donors (Lipinski definition) is 1. The molecule has 2 aliphatic rings. The van der Waals surface area contributed by atoms with E-state index in [2.05, 4.69) is 5.32 Å². The van der Waals surface area contributed by atoms with Crippen LogP contribution in [0.5, 0.6) is 0 Å². The molecule has 0 aromatic heterocycles. The molecule has 3 nitrogen and oxygen atoms in total. The maximum absolute atomic E-state index is 14.0. The van der Waals surface area contributed by atoms with Gasteiger partial charge in [-0.25, -0.2) is 4.39 Å². The highest BCUT2D eigenvalue weighted by Gasteiger charge is 2.42. The van der Waals surface area contributed by atoms with E-state index in [-0.39, 0.29) is 6.04 Å². The molecule has 2 fully saturated rings. The summed E-state index contributed by atoms with van der Waals surface area (Å²) in [6.07, 6.45) is -4.01. The molecule has 0 radical (unpaired) electrons. The molecule has 2 saturated heterocycles. The molecule has 0 spiro atoms. The smallest absolute Gasteiger partial charge is 0.334 e. The van der Waals surface area contributed by atoms with Crippen molar-refractivity contribution in [2.45, 2.75) is 18.6 Å². The van der Waals surface area contributed by atoms with Gasteiger partial charge in [-0.1, -0.05) is 6.07 Å². The summed E-state index contributed by atoms with van der Waals surface area (Å²) in [5.41, 5.74) is -1.90. The van der Waals surface area contributed by atoms with Crippen LogP contribution in [0.3, 0.4) is 0 Å². The minimum absolute atomic E-state index is 0.0496. The summed E-state index contributed by atoms with van der Waals surface area (Å²) < 4.78 is 52.2. The Morgan fingerprint density at radius 1 is 1.29 bits per heavy atom. The van der Waals surface area contributed by atoms with Crippen LogP contribution in [-0.2, 0) is 6.18 Å². The van der Waals surface area contributed by atoms with Gasteiger partial charge in [0.1, 0.15) is 5.82 Å². The van der Waals surface area contributed by atoms with Crippen LogP contribution < -0.4 is 5.32 Å². The Morgan fingerprint density at radius 2 is 2.05 bits per heavy atom. The molecule has 0 unspecified atom stereocenters. The molecule has 21 heavy (non-hydrogen) atoms. The topological polar surface area (TPSA) is 32.3 Å². The molecule has 0 aliphatic carbocycles. The van der Waals surface area contributed by atoms with Crippen LogP contribution in [0.4, 0.5) is 17.6 Å². The maximum Gasteiger partial charge on any atom is 0.419 e. The molecule has 1 N–H and O–H groups in total. The molecular formula is C14H14F4N2O. The van der Waals surface area contributed by atoms with E-state index in [0.717, 1.165) is 25.1 Å². The van der Waals surface area contributed by atoms with E-state index >= 15 is 0 Å². The molecular weight excluding hydrogens is 288 g/mol. The number of nitrogens with one attached hydrogen (secondary N) is 1. The van der Waals surface area contributed by atoms with Crippen LogP contribution in [0, 0.1) is 11.7 Å². The Bertz CT molecular complexity index is 573. The van der Waals surface area contributed by atoms with E-state index in [9.17, 15) is 22.4 Å². The number of nitrogens with zero attached hydrogens (tertiary/aromatic N) is 1. The van der Waals surface area contributed by atoms with Crippen molar-refractivity contribution < 1.29 is 22.4 Å². The fourth-order valence-electron chi connectivity index (χ4n) is 3.17. The van der Waals surface area contributed by atoms with Crippen molar-refractivity contribution in [3.05, 3.63) is 35.1 Å². The number of rotatable bonds is 1. The van der Waals surface area contributed by atoms with Crippen LogP contribution >= 0.6 is 0 Å². The largest absolute Gasteiger partial charge is 0.419 e. The lowest BCUT2D eigenvalue weighted by atomic mass is 10.0. The molecule has 1 aromatic rings. The average molecular weight is 302 g/mol. The maximum atomic E-state index is 14.0. The summed E-state index contributed by atoms with van der Waals surface area (Å²) in [5.74, 6) is -1.83. The van der Waals surface area contributed by atoms with E-state index in [4.69, 9.17) is 0 Å². The Balaban J connectivity index is 1.92. The fourth-order valence-corrected chi connectivity index (χ4v) is 3.17. The summed E-state index contributed by atoms with van der Waals surface area (Å²) in [5, 5.41) is 3.14. The summed E-state index contributed by atoms with van der Waals surface area (Å²) in [4.78, 5) is 13.9. The summed E-state index contributed by atoms with van der Waals surface area (Å²) >= 11 is 0. The molecule has 1 amide bonds. The van der Waals surface area contributed by atoms with Gasteiger partial charge in [0.2, 0.25) is 0 Å². The van der Waals surface area contributed by atoms with Gasteiger partial charge in [-0.2, -0.15) is 13.2 Å². The minimum Gasteiger partial charge on any atom is -0.334 e. The molecule has 3 rings (SSSR count). The monoisotopic (exact) mass is 302 g/mol. The summed E-state index contributed by atoms with van der Waals surface area (Å²) in [6, 6.07) is 2.78. The molecule has 2 atom stereocenters. The molecule has 1 aromatic carbocycles. The lowest BCUT2D eigenvalue weighted by Crippen LogP contribution is -2.39. The first-order valence-corrected chi connectivity index (χ1v) is 6.77. The molecule has 7 heteroatoms. The van der Waals surface area contributed by atoms with Crippen molar-refractivity contribution in [3.8, 4) is 0 Å². The van der Waals surface area contributed by atoms with Crippen LogP contribution in [0.1, 0.15) is 22.3 Å². The standard InChI is InChI=1S/C14H14F4N2O/c15-12-9(2-1-3-10(12)14(16,17)18)13(21)20-5-4-8-6-19-7-11(8)20/h1-3,8,11,19H,4-7H2/t8-,11+/m0/s1. The molecule has 0 saturated carbocycles. The van der Waals surface area contributed by atoms with E-state index in [1.807, 2.05) is 0 Å². The lowest BCUT2D eigenvalue weighted by Gasteiger charge is -2.24. The first-order valence-electron chi connectivity index (χ1n) is 6.77. The third-order valence-electron chi connectivity index (χ3n) is 4.24. The number of likely N-dealkylation sites (tertiary alicyclic amines) is 1. The number of fused-ring (bicyclic) bond motifs is 1. The Morgan fingerprint density at radius 3 is 2.76 bits per heavy atom. The first-order chi connectivity index (χ1) is 9.89. The van der Waals surface area contributed by atoms with Crippen molar-refractivity contribution in [1.82, 2.24) is 10.2 Å². The number of alkyl halides is 3. The predicted octanol–water partition coefficient (Wildman–Crippen LogP) is 2.28. The highest BCUT2D eigenvalue weighted by molar-refractivity contribution is 5.95. The number of amides is 1. The van der Waals surface area contributed by atoms with Gasteiger partial charge >= 0.3 is 6.18 Å². The Hall–Kier alpha value is -1.63. The predicted molar refractivity (Wildman–Crippen MR) is 67.2 cm³/mol. The van der Waals surface area contributed by atoms with Crippen LogP contribution in [-0.4, -0.2) is 36.5 Å². The number of carbonyl (C=O) groups excluding carboxylic acids is 1. The lowest BCUT2D eigenvalue weighted by molar-refractivity contribution is -0.140. The van der Waals surface area contributed by atoms with E-state index in [1.54, 1.807) is 0 Å². The highest BCUT2D eigenvalue weighted by atomic mass is 19.4. The normalized spacial score (nSPS) is 25.2. The SMILES string of the molecule is O=C(c1cccc(C(F)(F)F)c1F)N1CC[C@H]2CNC[C@H]21. The average Bonchev–Trinajstić information content (AvgIpc) is 2.99. The van der Waals surface area contributed by atoms with Gasteiger partial charge in [0.15, 0.2) is 0 Å². The van der Waals surface area contributed by atoms with Crippen molar-refractivity contribution in [2.75, 3.05) is 19.6 Å². The van der Waals surface area contributed by atoms with Crippen molar-refractivity contribution in [2.24, 2.45) is 5.92 Å². The second-order valence-corrected chi connectivity index (χ2v) is 5.44. The first kappa shape index (κ1) is 14.3. The van der Waals surface area contributed by atoms with E-state index < -0.39 is 29.0 Å². The van der Waals surface area contributed by atoms with Crippen LogP contribution in [0.15, 0.2) is 18.2 Å². The summed E-state index contributed by atoms with van der Waals surface area (Å²) in [7, 11) is 0. The highest BCUT2D eigenvalue weighted by Crippen LogP contribution is 2.34. The Kier molecular flexibility index (Phi) is 3.39. The van der Waals surface area contributed by atoms with E-state index in [0.29, 0.717) is 25.1 Å². The van der Waals surface area contributed by atoms with Gasteiger partial charge in [-0.3, -0.25) is 4.79 Å². The summed E-state index contributed by atoms with van der Waals surface area (Å²) in [6.45, 7) is 1.86. The zero-order valence-electron chi connectivity index (χ0n) is 11.1.